The van der Waals surface area contributed by atoms with Gasteiger partial charge in [-0.2, -0.15) is 127 Å². The molecule has 0 radical (unpaired) electrons. The summed E-state index contributed by atoms with van der Waals surface area (Å²) >= 11 is 0. The molecule has 0 heterocycles. The maximum Gasteiger partial charge on any atom is 0.460 e. The van der Waals surface area contributed by atoms with Crippen LogP contribution < -0.4 is 0 Å². The van der Waals surface area contributed by atoms with Crippen molar-refractivity contribution >= 4 is 10.1 Å². The molecule has 0 atom stereocenters. The Bertz CT molecular complexity index is 1210. The Kier molecular flexibility index (Phi) is 10.7. The van der Waals surface area contributed by atoms with Gasteiger partial charge in [-0.15, -0.1) is 0 Å². The van der Waals surface area contributed by atoms with Gasteiger partial charge < -0.3 is 0 Å². The zero-order chi connectivity index (χ0) is 39.1. The Morgan fingerprint density at radius 2 is 0.681 bits per heavy atom. The fourth-order valence-electron chi connectivity index (χ4n) is 2.70. The third-order valence-electron chi connectivity index (χ3n) is 5.09. The first-order chi connectivity index (χ1) is 19.6. The SMILES string of the molecule is O=S(=O)(O)C(F)(F)C(F)(F)OC(F)(F)C(F)(F)C(F)(F)OC(F)(F)C(F)(F)CC(C(F)(F)F)(C(F)(F)C(F)(F)F)C(F)(F)C(F)(F)F. The summed E-state index contributed by atoms with van der Waals surface area (Å²) in [5, 5.41) is -7.62. The maximum absolute atomic E-state index is 14.0. The molecule has 0 aliphatic rings. The molecule has 33 heteroatoms. The fraction of sp³-hybridized carbons (Fsp3) is 1.00. The minimum atomic E-state index is -9.09. The topological polar surface area (TPSA) is 72.8 Å². The van der Waals surface area contributed by atoms with Gasteiger partial charge in [0.2, 0.25) is 5.41 Å². The Morgan fingerprint density at radius 1 is 0.404 bits per heavy atom. The van der Waals surface area contributed by atoms with Gasteiger partial charge in [0.1, 0.15) is 0 Å². The zero-order valence-electron chi connectivity index (χ0n) is 19.9. The molecule has 0 amide bonds. The lowest BCUT2D eigenvalue weighted by Gasteiger charge is -2.48. The second kappa shape index (κ2) is 11.2. The van der Waals surface area contributed by atoms with E-state index in [0.29, 0.717) is 0 Å². The number of alkyl halides is 27. The first kappa shape index (κ1) is 44.9. The van der Waals surface area contributed by atoms with Crippen molar-refractivity contribution in [2.45, 2.75) is 78.3 Å². The molecule has 0 bridgehead atoms. The summed E-state index contributed by atoms with van der Waals surface area (Å²) in [6.07, 6.45) is -66.1. The van der Waals surface area contributed by atoms with Gasteiger partial charge in [-0.05, 0) is 0 Å². The van der Waals surface area contributed by atoms with E-state index in [1.165, 1.54) is 0 Å². The van der Waals surface area contributed by atoms with Gasteiger partial charge in [-0.3, -0.25) is 4.55 Å². The van der Waals surface area contributed by atoms with Crippen LogP contribution in [0.5, 0.6) is 0 Å². The fourth-order valence-corrected chi connectivity index (χ4v) is 3.04. The average Bonchev–Trinajstić information content (AvgIpc) is 2.71. The molecule has 0 aliphatic heterocycles. The molecule has 0 aliphatic carbocycles. The highest BCUT2D eigenvalue weighted by molar-refractivity contribution is 7.86. The van der Waals surface area contributed by atoms with Gasteiger partial charge in [-0.25, -0.2) is 9.47 Å². The smallest absolute Gasteiger partial charge is 0.281 e. The number of hydrogen-bond acceptors (Lipinski definition) is 4. The van der Waals surface area contributed by atoms with Gasteiger partial charge in [0.25, 0.3) is 0 Å². The first-order valence-corrected chi connectivity index (χ1v) is 11.0. The van der Waals surface area contributed by atoms with E-state index < -0.39 is 93.9 Å². The van der Waals surface area contributed by atoms with E-state index in [0.717, 1.165) is 9.47 Å². The van der Waals surface area contributed by atoms with Crippen LogP contribution in [0.1, 0.15) is 6.42 Å². The minimum Gasteiger partial charge on any atom is -0.281 e. The van der Waals surface area contributed by atoms with Gasteiger partial charge in [-0.1, -0.05) is 0 Å². The van der Waals surface area contributed by atoms with Crippen LogP contribution in [-0.2, 0) is 19.6 Å². The van der Waals surface area contributed by atoms with E-state index in [4.69, 9.17) is 4.55 Å². The van der Waals surface area contributed by atoms with Crippen molar-refractivity contribution in [3.8, 4) is 0 Å². The lowest BCUT2D eigenvalue weighted by atomic mass is 9.69. The molecule has 0 rings (SSSR count). The molecule has 0 fully saturated rings. The minimum absolute atomic E-state index is 0.917. The number of hydrogen-bond donors (Lipinski definition) is 1. The number of halogens is 27. The second-order valence-electron chi connectivity index (χ2n) is 8.27. The number of rotatable bonds is 13. The normalized spacial score (nSPS) is 16.9. The second-order valence-corrected chi connectivity index (χ2v) is 9.73. The van der Waals surface area contributed by atoms with Crippen LogP contribution >= 0.6 is 0 Å². The molecule has 0 spiro atoms. The Labute approximate surface area is 236 Å². The Hall–Kier alpha value is -2.06. The highest BCUT2D eigenvalue weighted by Gasteiger charge is 2.95. The zero-order valence-corrected chi connectivity index (χ0v) is 20.7. The summed E-state index contributed by atoms with van der Waals surface area (Å²) in [6.45, 7) is 0. The van der Waals surface area contributed by atoms with Crippen molar-refractivity contribution in [1.29, 1.82) is 0 Å². The van der Waals surface area contributed by atoms with Crippen LogP contribution in [0.2, 0.25) is 0 Å². The Morgan fingerprint density at radius 3 is 0.915 bits per heavy atom. The molecule has 284 valence electrons. The van der Waals surface area contributed by atoms with Crippen LogP contribution in [0.15, 0.2) is 0 Å². The van der Waals surface area contributed by atoms with Crippen LogP contribution in [0.3, 0.4) is 0 Å². The Balaban J connectivity index is 7.39. The predicted octanol–water partition coefficient (Wildman–Crippen LogP) is 8.48. The summed E-state index contributed by atoms with van der Waals surface area (Å²) in [7, 11) is -7.84. The third kappa shape index (κ3) is 6.89. The molecule has 0 aromatic rings. The molecule has 0 aromatic heterocycles. The maximum atomic E-state index is 14.0. The predicted molar refractivity (Wildman–Crippen MR) is 83.5 cm³/mol. The monoisotopic (exact) mass is 796 g/mol. The quantitative estimate of drug-likeness (QED) is 0.150. The summed E-state index contributed by atoms with van der Waals surface area (Å²) in [6, 6.07) is 0. The van der Waals surface area contributed by atoms with Gasteiger partial charge in [0.05, 0.1) is 0 Å². The van der Waals surface area contributed by atoms with Crippen molar-refractivity contribution in [3.63, 3.8) is 0 Å². The van der Waals surface area contributed by atoms with E-state index in [1.807, 2.05) is 0 Å². The van der Waals surface area contributed by atoms with Crippen molar-refractivity contribution in [2.24, 2.45) is 5.41 Å². The molecule has 5 nitrogen and oxygen atoms in total. The molecule has 0 unspecified atom stereocenters. The molecule has 1 N–H and O–H groups in total. The summed E-state index contributed by atoms with van der Waals surface area (Å²) in [4.78, 5) is 0. The molecule has 47 heavy (non-hydrogen) atoms. The van der Waals surface area contributed by atoms with Gasteiger partial charge >= 0.3 is 82.0 Å². The molecule has 0 saturated carbocycles. The van der Waals surface area contributed by atoms with E-state index in [2.05, 4.69) is 0 Å². The van der Waals surface area contributed by atoms with E-state index >= 15 is 0 Å². The average molecular weight is 796 g/mol. The largest absolute Gasteiger partial charge is 0.460 e. The molecular weight excluding hydrogens is 793 g/mol. The van der Waals surface area contributed by atoms with Gasteiger partial charge in [0, 0.05) is 6.42 Å². The standard InChI is InChI=1S/C14H3F27O5S/c15-3(16,1-2(7(23,24)25,4(17,18)8(26,27)28)5(19,20)9(29,30)31)10(32,33)45-11(34,35)6(21,22)12(36,37)46-13(38,39)14(40,41)47(42,43)44/h1H2,(H,42,43,44). The van der Waals surface area contributed by atoms with Crippen LogP contribution in [-0.4, -0.2) is 84.9 Å². The van der Waals surface area contributed by atoms with Crippen molar-refractivity contribution in [3.05, 3.63) is 0 Å². The summed E-state index contributed by atoms with van der Waals surface area (Å²) < 4.78 is 388. The summed E-state index contributed by atoms with van der Waals surface area (Å²) in [5.41, 5.74) is -9.05. The third-order valence-corrected chi connectivity index (χ3v) is 5.97. The van der Waals surface area contributed by atoms with Crippen molar-refractivity contribution < 1.29 is 141 Å². The lowest BCUT2D eigenvalue weighted by Crippen LogP contribution is -2.73. The highest BCUT2D eigenvalue weighted by atomic mass is 32.2. The molecular formula is C14H3F27O5S. The van der Waals surface area contributed by atoms with Crippen molar-refractivity contribution in [2.75, 3.05) is 0 Å². The molecule has 0 aromatic carbocycles. The van der Waals surface area contributed by atoms with E-state index in [-0.39, 0.29) is 0 Å². The number of ether oxygens (including phenoxy) is 2. The van der Waals surface area contributed by atoms with Gasteiger partial charge in [0.15, 0.2) is 0 Å². The summed E-state index contributed by atoms with van der Waals surface area (Å²) in [5.74, 6) is -35.6. The first-order valence-electron chi connectivity index (χ1n) is 9.60. The molecule has 0 saturated heterocycles. The van der Waals surface area contributed by atoms with E-state index in [9.17, 15) is 127 Å². The van der Waals surface area contributed by atoms with Crippen molar-refractivity contribution in [1.82, 2.24) is 0 Å². The lowest BCUT2D eigenvalue weighted by molar-refractivity contribution is -0.534. The van der Waals surface area contributed by atoms with Crippen LogP contribution in [0, 0.1) is 5.41 Å². The highest BCUT2D eigenvalue weighted by Crippen LogP contribution is 2.70. The van der Waals surface area contributed by atoms with E-state index in [1.54, 1.807) is 0 Å². The van der Waals surface area contributed by atoms with Crippen LogP contribution in [0.25, 0.3) is 0 Å². The van der Waals surface area contributed by atoms with Crippen LogP contribution in [0.4, 0.5) is 119 Å².